The van der Waals surface area contributed by atoms with Crippen LogP contribution in [0.4, 0.5) is 5.82 Å². The number of esters is 1. The summed E-state index contributed by atoms with van der Waals surface area (Å²) in [5.74, 6) is -2.61. The molecule has 13 nitrogen and oxygen atoms in total. The fourth-order valence-corrected chi connectivity index (χ4v) is 5.39. The first-order chi connectivity index (χ1) is 20.9. The monoisotopic (exact) mass is 616 g/mol. The molecule has 1 amide bonds. The van der Waals surface area contributed by atoms with E-state index in [1.54, 1.807) is 49.1 Å². The van der Waals surface area contributed by atoms with Crippen LogP contribution >= 0.6 is 0 Å². The van der Waals surface area contributed by atoms with E-state index in [-0.39, 0.29) is 47.2 Å². The number of nitrogens with zero attached hydrogens (tertiary/aromatic N) is 5. The first-order valence-corrected chi connectivity index (χ1v) is 15.1. The van der Waals surface area contributed by atoms with Gasteiger partial charge in [-0.1, -0.05) is 30.3 Å². The maximum atomic E-state index is 12.4. The van der Waals surface area contributed by atoms with Gasteiger partial charge < -0.3 is 14.7 Å². The van der Waals surface area contributed by atoms with Crippen molar-refractivity contribution in [2.45, 2.75) is 38.5 Å². The molecule has 226 valence electrons. The van der Waals surface area contributed by atoms with Crippen LogP contribution in [-0.4, -0.2) is 60.5 Å². The first kappa shape index (κ1) is 31.6. The highest BCUT2D eigenvalue weighted by Crippen LogP contribution is 2.30. The Kier molecular flexibility index (Phi) is 9.56. The third-order valence-corrected chi connectivity index (χ3v) is 8.01. The summed E-state index contributed by atoms with van der Waals surface area (Å²) in [6, 6.07) is 15.2. The molecule has 2 N–H and O–H groups in total. The summed E-state index contributed by atoms with van der Waals surface area (Å²) in [6.45, 7) is 3.69. The summed E-state index contributed by atoms with van der Waals surface area (Å²) < 4.78 is 32.0. The number of aromatic nitrogens is 2. The van der Waals surface area contributed by atoms with Crippen LogP contribution in [0, 0.1) is 42.4 Å². The summed E-state index contributed by atoms with van der Waals surface area (Å²) >= 11 is 0. The Hall–Kier alpha value is -5.34. The number of anilines is 1. The molecule has 5 rings (SSSR count). The zero-order valence-electron chi connectivity index (χ0n) is 23.9. The van der Waals surface area contributed by atoms with Gasteiger partial charge in [-0.2, -0.15) is 10.5 Å². The highest BCUT2D eigenvalue weighted by Gasteiger charge is 2.37. The van der Waals surface area contributed by atoms with Gasteiger partial charge in [-0.15, -0.1) is 0 Å². The van der Waals surface area contributed by atoms with Gasteiger partial charge in [0.1, 0.15) is 24.1 Å². The van der Waals surface area contributed by atoms with Gasteiger partial charge >= 0.3 is 11.9 Å². The van der Waals surface area contributed by atoms with Gasteiger partial charge in [-0.3, -0.25) is 14.5 Å². The third kappa shape index (κ3) is 7.93. The molecule has 1 saturated carbocycles. The number of benzene rings is 1. The number of carbonyl (C=O) groups is 3. The number of amides is 1. The predicted molar refractivity (Wildman–Crippen MR) is 156 cm³/mol. The van der Waals surface area contributed by atoms with Crippen LogP contribution in [0.15, 0.2) is 48.7 Å². The second-order valence-electron chi connectivity index (χ2n) is 10.3. The molecule has 2 aliphatic rings. The van der Waals surface area contributed by atoms with E-state index in [1.165, 1.54) is 18.3 Å². The molecule has 0 unspecified atom stereocenters. The SMILES string of the molecule is Cc1nc(N2CC(C(=O)NS(=O)(=O)Cc3ccccc3)C2)c(C#N)cc1C(=O)OC1CC1.Cc1ncc(C#N)cc1C(=O)O. The molecule has 3 heterocycles. The van der Waals surface area contributed by atoms with Gasteiger partial charge in [0.05, 0.1) is 45.3 Å². The Morgan fingerprint density at radius 1 is 1.05 bits per heavy atom. The fourth-order valence-electron chi connectivity index (χ4n) is 4.22. The molecular weight excluding hydrogens is 588 g/mol. The number of aryl methyl sites for hydroxylation is 2. The molecule has 3 aromatic rings. The van der Waals surface area contributed by atoms with E-state index < -0.39 is 33.8 Å². The standard InChI is InChI=1S/C22H22N4O5S.C8H6N2O2/c1-14-19(22(28)31-18-7-8-18)9-16(10-23)20(24-14)26-11-17(12-26)21(27)25-32(29,30)13-15-5-3-2-4-6-15;1-5-7(8(11)12)2-6(3-9)4-10-5/h2-6,9,17-18H,7-8,11-13H2,1H3,(H,25,27);2,4H,1H3,(H,11,12). The molecular formula is C30H28N6O7S. The zero-order chi connectivity index (χ0) is 32.0. The number of carboxylic acid groups (broad SMARTS) is 1. The van der Waals surface area contributed by atoms with E-state index in [1.807, 2.05) is 12.1 Å². The number of aromatic carboxylic acids is 1. The number of hydrogen-bond donors (Lipinski definition) is 2. The van der Waals surface area contributed by atoms with Crippen LogP contribution in [-0.2, 0) is 25.3 Å². The lowest BCUT2D eigenvalue weighted by Crippen LogP contribution is -2.55. The number of carbonyl (C=O) groups excluding carboxylic acids is 2. The van der Waals surface area contributed by atoms with Crippen molar-refractivity contribution in [3.8, 4) is 12.1 Å². The van der Waals surface area contributed by atoms with E-state index in [2.05, 4.69) is 14.7 Å². The van der Waals surface area contributed by atoms with Crippen molar-refractivity contribution < 1.29 is 32.6 Å². The Morgan fingerprint density at radius 2 is 1.73 bits per heavy atom. The quantitative estimate of drug-likeness (QED) is 0.351. The van der Waals surface area contributed by atoms with Crippen LogP contribution in [0.1, 0.15) is 61.6 Å². The Morgan fingerprint density at radius 3 is 2.32 bits per heavy atom. The smallest absolute Gasteiger partial charge is 0.340 e. The van der Waals surface area contributed by atoms with Crippen LogP contribution in [0.2, 0.25) is 0 Å². The molecule has 0 spiro atoms. The van der Waals surface area contributed by atoms with E-state index in [0.717, 1.165) is 12.8 Å². The Labute approximate surface area is 253 Å². The molecule has 0 atom stereocenters. The zero-order valence-corrected chi connectivity index (χ0v) is 24.7. The average molecular weight is 617 g/mol. The van der Waals surface area contributed by atoms with Crippen molar-refractivity contribution in [2.75, 3.05) is 18.0 Å². The predicted octanol–water partition coefficient (Wildman–Crippen LogP) is 2.62. The van der Waals surface area contributed by atoms with Crippen molar-refractivity contribution in [3.05, 3.63) is 87.9 Å². The lowest BCUT2D eigenvalue weighted by Gasteiger charge is -2.39. The second-order valence-corrected chi connectivity index (χ2v) is 12.0. The topological polar surface area (TPSA) is 203 Å². The van der Waals surface area contributed by atoms with Crippen molar-refractivity contribution in [1.29, 1.82) is 10.5 Å². The fraction of sp³-hybridized carbons (Fsp3) is 0.300. The first-order valence-electron chi connectivity index (χ1n) is 13.5. The van der Waals surface area contributed by atoms with E-state index in [0.29, 0.717) is 22.8 Å². The van der Waals surface area contributed by atoms with Gasteiger partial charge in [0, 0.05) is 19.3 Å². The van der Waals surface area contributed by atoms with Crippen molar-refractivity contribution in [2.24, 2.45) is 5.92 Å². The minimum Gasteiger partial charge on any atom is -0.478 e. The highest BCUT2D eigenvalue weighted by molar-refractivity contribution is 7.89. The lowest BCUT2D eigenvalue weighted by molar-refractivity contribution is -0.123. The number of sulfonamides is 1. The Balaban J connectivity index is 0.000000309. The van der Waals surface area contributed by atoms with Crippen molar-refractivity contribution in [3.63, 3.8) is 0 Å². The van der Waals surface area contributed by atoms with E-state index >= 15 is 0 Å². The maximum absolute atomic E-state index is 12.4. The number of hydrogen-bond acceptors (Lipinski definition) is 11. The minimum absolute atomic E-state index is 0.0556. The number of ether oxygens (including phenoxy) is 1. The highest BCUT2D eigenvalue weighted by atomic mass is 32.2. The molecule has 2 fully saturated rings. The molecule has 0 bridgehead atoms. The molecule has 2 aromatic heterocycles. The molecule has 1 aromatic carbocycles. The summed E-state index contributed by atoms with van der Waals surface area (Å²) in [5.41, 5.74) is 2.23. The number of rotatable bonds is 8. The van der Waals surface area contributed by atoms with Gasteiger partial charge in [0.2, 0.25) is 15.9 Å². The number of nitrogens with one attached hydrogen (secondary N) is 1. The summed E-state index contributed by atoms with van der Waals surface area (Å²) in [4.78, 5) is 45.1. The number of nitriles is 2. The van der Waals surface area contributed by atoms with Crippen molar-refractivity contribution >= 4 is 33.7 Å². The summed E-state index contributed by atoms with van der Waals surface area (Å²) in [7, 11) is -3.81. The lowest BCUT2D eigenvalue weighted by atomic mass is 9.98. The van der Waals surface area contributed by atoms with Crippen LogP contribution in [0.5, 0.6) is 0 Å². The van der Waals surface area contributed by atoms with E-state index in [9.17, 15) is 28.1 Å². The van der Waals surface area contributed by atoms with Gasteiger partial charge in [-0.05, 0) is 44.4 Å². The van der Waals surface area contributed by atoms with Crippen LogP contribution in [0.25, 0.3) is 0 Å². The molecule has 44 heavy (non-hydrogen) atoms. The normalized spacial score (nSPS) is 14.1. The third-order valence-electron chi connectivity index (χ3n) is 6.79. The average Bonchev–Trinajstić information content (AvgIpc) is 3.76. The van der Waals surface area contributed by atoms with Gasteiger partial charge in [-0.25, -0.2) is 23.0 Å². The largest absolute Gasteiger partial charge is 0.478 e. The summed E-state index contributed by atoms with van der Waals surface area (Å²) in [6.07, 6.45) is 2.99. The molecule has 14 heteroatoms. The molecule has 1 aliphatic carbocycles. The van der Waals surface area contributed by atoms with Crippen LogP contribution < -0.4 is 9.62 Å². The molecule has 1 saturated heterocycles. The Bertz CT molecular complexity index is 1790. The number of carboxylic acids is 1. The molecule has 1 aliphatic heterocycles. The maximum Gasteiger partial charge on any atom is 0.340 e. The van der Waals surface area contributed by atoms with Crippen LogP contribution in [0.3, 0.4) is 0 Å². The van der Waals surface area contributed by atoms with E-state index in [4.69, 9.17) is 15.1 Å². The van der Waals surface area contributed by atoms with Gasteiger partial charge in [0.15, 0.2) is 0 Å². The summed E-state index contributed by atoms with van der Waals surface area (Å²) in [5, 5.41) is 26.6. The minimum atomic E-state index is -3.81. The second kappa shape index (κ2) is 13.3. The number of pyridine rings is 2. The van der Waals surface area contributed by atoms with Crippen molar-refractivity contribution in [1.82, 2.24) is 14.7 Å². The van der Waals surface area contributed by atoms with Gasteiger partial charge in [0.25, 0.3) is 0 Å². The molecule has 0 radical (unpaired) electrons.